The van der Waals surface area contributed by atoms with Gasteiger partial charge in [-0.15, -0.1) is 0 Å². The monoisotopic (exact) mass is 301 g/mol. The molecule has 4 heteroatoms. The average molecular weight is 301 g/mol. The van der Waals surface area contributed by atoms with Gasteiger partial charge in [-0.25, -0.2) is 0 Å². The first-order valence-electron chi connectivity index (χ1n) is 8.74. The SMILES string of the molecule is CCCCCCOCC(O)CNCC1(O)CCCC(C)C1. The molecule has 1 saturated carbocycles. The van der Waals surface area contributed by atoms with E-state index in [1.54, 1.807) is 0 Å². The van der Waals surface area contributed by atoms with Crippen LogP contribution in [0.1, 0.15) is 65.2 Å². The predicted octanol–water partition coefficient (Wildman–Crippen LogP) is 2.47. The summed E-state index contributed by atoms with van der Waals surface area (Å²) in [5.74, 6) is 0.599. The summed E-state index contributed by atoms with van der Waals surface area (Å²) in [6.07, 6.45) is 8.33. The smallest absolute Gasteiger partial charge is 0.0897 e. The molecule has 0 spiro atoms. The van der Waals surface area contributed by atoms with E-state index >= 15 is 0 Å². The van der Waals surface area contributed by atoms with Crippen LogP contribution in [0.4, 0.5) is 0 Å². The lowest BCUT2D eigenvalue weighted by Crippen LogP contribution is -2.46. The van der Waals surface area contributed by atoms with Gasteiger partial charge in [0.1, 0.15) is 0 Å². The Labute approximate surface area is 130 Å². The lowest BCUT2D eigenvalue weighted by atomic mass is 9.79. The van der Waals surface area contributed by atoms with Gasteiger partial charge in [-0.2, -0.15) is 0 Å². The molecule has 0 bridgehead atoms. The maximum absolute atomic E-state index is 10.5. The van der Waals surface area contributed by atoms with Crippen molar-refractivity contribution in [2.24, 2.45) is 5.92 Å². The van der Waals surface area contributed by atoms with Gasteiger partial charge in [-0.1, -0.05) is 46.0 Å². The summed E-state index contributed by atoms with van der Waals surface area (Å²) in [7, 11) is 0. The fourth-order valence-electron chi connectivity index (χ4n) is 3.17. The highest BCUT2D eigenvalue weighted by atomic mass is 16.5. The summed E-state index contributed by atoms with van der Waals surface area (Å²) >= 11 is 0. The highest BCUT2D eigenvalue weighted by Gasteiger charge is 2.32. The molecule has 1 aliphatic carbocycles. The second-order valence-corrected chi connectivity index (χ2v) is 6.85. The highest BCUT2D eigenvalue weighted by Crippen LogP contribution is 2.31. The van der Waals surface area contributed by atoms with E-state index < -0.39 is 11.7 Å². The fraction of sp³-hybridized carbons (Fsp3) is 1.00. The largest absolute Gasteiger partial charge is 0.389 e. The van der Waals surface area contributed by atoms with Crippen molar-refractivity contribution in [3.63, 3.8) is 0 Å². The molecule has 3 N–H and O–H groups in total. The maximum atomic E-state index is 10.5. The molecule has 0 aromatic carbocycles. The van der Waals surface area contributed by atoms with Crippen LogP contribution in [-0.4, -0.2) is 48.2 Å². The third-order valence-electron chi connectivity index (χ3n) is 4.35. The molecule has 3 atom stereocenters. The van der Waals surface area contributed by atoms with Gasteiger partial charge in [-0.05, 0) is 25.2 Å². The zero-order chi connectivity index (χ0) is 15.6. The number of aliphatic hydroxyl groups is 2. The molecule has 0 amide bonds. The van der Waals surface area contributed by atoms with Crippen molar-refractivity contribution in [2.75, 3.05) is 26.3 Å². The van der Waals surface area contributed by atoms with E-state index in [0.29, 0.717) is 25.6 Å². The number of nitrogens with one attached hydrogen (secondary N) is 1. The van der Waals surface area contributed by atoms with Crippen molar-refractivity contribution in [3.8, 4) is 0 Å². The predicted molar refractivity (Wildman–Crippen MR) is 86.4 cm³/mol. The molecule has 21 heavy (non-hydrogen) atoms. The summed E-state index contributed by atoms with van der Waals surface area (Å²) in [5, 5.41) is 23.5. The summed E-state index contributed by atoms with van der Waals surface area (Å²) in [6.45, 7) is 6.58. The number of hydrogen-bond donors (Lipinski definition) is 3. The molecular weight excluding hydrogens is 266 g/mol. The first kappa shape index (κ1) is 18.9. The van der Waals surface area contributed by atoms with Gasteiger partial charge in [0.05, 0.1) is 18.3 Å². The minimum absolute atomic E-state index is 0.383. The van der Waals surface area contributed by atoms with E-state index in [4.69, 9.17) is 4.74 Å². The number of rotatable bonds is 11. The van der Waals surface area contributed by atoms with Crippen LogP contribution >= 0.6 is 0 Å². The van der Waals surface area contributed by atoms with Crippen LogP contribution in [0.3, 0.4) is 0 Å². The Kier molecular flexibility index (Phi) is 9.49. The quantitative estimate of drug-likeness (QED) is 0.513. The highest BCUT2D eigenvalue weighted by molar-refractivity contribution is 4.87. The average Bonchev–Trinajstić information content (AvgIpc) is 2.42. The van der Waals surface area contributed by atoms with Gasteiger partial charge in [-0.3, -0.25) is 0 Å². The lowest BCUT2D eigenvalue weighted by Gasteiger charge is -2.36. The molecule has 4 nitrogen and oxygen atoms in total. The zero-order valence-corrected chi connectivity index (χ0v) is 13.9. The van der Waals surface area contributed by atoms with Gasteiger partial charge in [0.25, 0.3) is 0 Å². The molecule has 1 aliphatic rings. The molecule has 126 valence electrons. The first-order valence-corrected chi connectivity index (χ1v) is 8.74. The molecule has 0 aromatic heterocycles. The van der Waals surface area contributed by atoms with Gasteiger partial charge >= 0.3 is 0 Å². The summed E-state index contributed by atoms with van der Waals surface area (Å²) in [4.78, 5) is 0. The first-order chi connectivity index (χ1) is 10.1. The van der Waals surface area contributed by atoms with Crippen LogP contribution in [0.15, 0.2) is 0 Å². The standard InChI is InChI=1S/C17H35NO3/c1-3-4-5-6-10-21-13-16(19)12-18-14-17(20)9-7-8-15(2)11-17/h15-16,18-20H,3-14H2,1-2H3. The van der Waals surface area contributed by atoms with Gasteiger partial charge in [0, 0.05) is 19.7 Å². The van der Waals surface area contributed by atoms with Gasteiger partial charge in [0.2, 0.25) is 0 Å². The van der Waals surface area contributed by atoms with Crippen molar-refractivity contribution < 1.29 is 14.9 Å². The Morgan fingerprint density at radius 1 is 1.33 bits per heavy atom. The molecule has 0 radical (unpaired) electrons. The van der Waals surface area contributed by atoms with Crippen LogP contribution < -0.4 is 5.32 Å². The number of hydrogen-bond acceptors (Lipinski definition) is 4. The lowest BCUT2D eigenvalue weighted by molar-refractivity contribution is -0.0168. The van der Waals surface area contributed by atoms with E-state index in [-0.39, 0.29) is 0 Å². The van der Waals surface area contributed by atoms with Gasteiger partial charge in [0.15, 0.2) is 0 Å². The van der Waals surface area contributed by atoms with E-state index in [0.717, 1.165) is 32.3 Å². The minimum atomic E-state index is -0.585. The topological polar surface area (TPSA) is 61.7 Å². The Balaban J connectivity index is 2.01. The molecule has 0 aliphatic heterocycles. The third-order valence-corrected chi connectivity index (χ3v) is 4.35. The van der Waals surface area contributed by atoms with Crippen molar-refractivity contribution in [1.29, 1.82) is 0 Å². The Morgan fingerprint density at radius 2 is 2.14 bits per heavy atom. The number of ether oxygens (including phenoxy) is 1. The Bertz CT molecular complexity index is 262. The molecule has 0 heterocycles. The van der Waals surface area contributed by atoms with Crippen LogP contribution in [0, 0.1) is 5.92 Å². The van der Waals surface area contributed by atoms with E-state index in [1.807, 2.05) is 0 Å². The zero-order valence-electron chi connectivity index (χ0n) is 13.9. The third kappa shape index (κ3) is 8.77. The van der Waals surface area contributed by atoms with Crippen LogP contribution in [0.25, 0.3) is 0 Å². The van der Waals surface area contributed by atoms with Crippen molar-refractivity contribution in [2.45, 2.75) is 76.9 Å². The van der Waals surface area contributed by atoms with Gasteiger partial charge < -0.3 is 20.3 Å². The number of aliphatic hydroxyl groups excluding tert-OH is 1. The summed E-state index contributed by atoms with van der Waals surface area (Å²) in [6, 6.07) is 0. The fourth-order valence-corrected chi connectivity index (χ4v) is 3.17. The van der Waals surface area contributed by atoms with E-state index in [2.05, 4.69) is 19.2 Å². The second kappa shape index (κ2) is 10.5. The van der Waals surface area contributed by atoms with Crippen molar-refractivity contribution >= 4 is 0 Å². The Morgan fingerprint density at radius 3 is 2.86 bits per heavy atom. The molecule has 3 unspecified atom stereocenters. The second-order valence-electron chi connectivity index (χ2n) is 6.85. The van der Waals surface area contributed by atoms with E-state index in [1.165, 1.54) is 25.7 Å². The van der Waals surface area contributed by atoms with E-state index in [9.17, 15) is 10.2 Å². The van der Waals surface area contributed by atoms with Crippen LogP contribution in [0.2, 0.25) is 0 Å². The normalized spacial score (nSPS) is 27.7. The molecule has 0 saturated heterocycles. The molecule has 1 rings (SSSR count). The number of unbranched alkanes of at least 4 members (excludes halogenated alkanes) is 3. The minimum Gasteiger partial charge on any atom is -0.389 e. The molecule has 0 aromatic rings. The van der Waals surface area contributed by atoms with Crippen molar-refractivity contribution in [1.82, 2.24) is 5.32 Å². The van der Waals surface area contributed by atoms with Crippen LogP contribution in [0.5, 0.6) is 0 Å². The molecule has 1 fully saturated rings. The van der Waals surface area contributed by atoms with Crippen LogP contribution in [-0.2, 0) is 4.74 Å². The Hall–Kier alpha value is -0.160. The summed E-state index contributed by atoms with van der Waals surface area (Å²) < 4.78 is 5.47. The molecular formula is C17H35NO3. The summed E-state index contributed by atoms with van der Waals surface area (Å²) in [5.41, 5.74) is -0.585. The van der Waals surface area contributed by atoms with Crippen molar-refractivity contribution in [3.05, 3.63) is 0 Å². The maximum Gasteiger partial charge on any atom is 0.0897 e.